The summed E-state index contributed by atoms with van der Waals surface area (Å²) in [5.41, 5.74) is 5.26. The van der Waals surface area contributed by atoms with Crippen LogP contribution in [0.1, 0.15) is 13.8 Å². The molecule has 5 nitrogen and oxygen atoms in total. The predicted molar refractivity (Wildman–Crippen MR) is 133 cm³/mol. The second-order valence-electron chi connectivity index (χ2n) is 9.21. The molecular formula is C26H33N3O2S. The quantitative estimate of drug-likeness (QED) is 0.552. The summed E-state index contributed by atoms with van der Waals surface area (Å²) in [6.07, 6.45) is 3.27. The highest BCUT2D eigenvalue weighted by molar-refractivity contribution is 7.90. The summed E-state index contributed by atoms with van der Waals surface area (Å²) in [5, 5.41) is 0. The van der Waals surface area contributed by atoms with Crippen LogP contribution in [-0.4, -0.2) is 56.9 Å². The van der Waals surface area contributed by atoms with Gasteiger partial charge >= 0.3 is 0 Å². The number of aromatic nitrogens is 1. The van der Waals surface area contributed by atoms with Gasteiger partial charge in [-0.15, -0.1) is 0 Å². The number of aryl methyl sites for hydroxylation is 1. The molecule has 0 atom stereocenters. The van der Waals surface area contributed by atoms with Gasteiger partial charge in [0.15, 0.2) is 9.84 Å². The first-order valence-electron chi connectivity index (χ1n) is 11.3. The van der Waals surface area contributed by atoms with Gasteiger partial charge in [0, 0.05) is 69.2 Å². The van der Waals surface area contributed by atoms with E-state index < -0.39 is 9.84 Å². The van der Waals surface area contributed by atoms with Crippen molar-refractivity contribution in [1.29, 1.82) is 0 Å². The van der Waals surface area contributed by atoms with Gasteiger partial charge in [0.1, 0.15) is 0 Å². The molecule has 2 aromatic carbocycles. The van der Waals surface area contributed by atoms with E-state index >= 15 is 0 Å². The van der Waals surface area contributed by atoms with E-state index in [0.29, 0.717) is 10.8 Å². The normalized spacial score (nSPS) is 15.5. The third-order valence-electron chi connectivity index (χ3n) is 6.18. The maximum Gasteiger partial charge on any atom is 0.175 e. The Labute approximate surface area is 192 Å². The molecule has 0 saturated carbocycles. The van der Waals surface area contributed by atoms with Crippen LogP contribution in [0.4, 0.5) is 5.69 Å². The Bertz CT molecular complexity index is 1170. The monoisotopic (exact) mass is 451 g/mol. The summed E-state index contributed by atoms with van der Waals surface area (Å²) < 4.78 is 26.5. The number of piperazine rings is 1. The van der Waals surface area contributed by atoms with Crippen LogP contribution in [0.2, 0.25) is 0 Å². The van der Waals surface area contributed by atoms with Crippen molar-refractivity contribution in [2.45, 2.75) is 18.7 Å². The molecule has 32 heavy (non-hydrogen) atoms. The van der Waals surface area contributed by atoms with Crippen LogP contribution >= 0.6 is 0 Å². The Morgan fingerprint density at radius 1 is 0.906 bits per heavy atom. The molecule has 0 unspecified atom stereocenters. The summed E-state index contributed by atoms with van der Waals surface area (Å²) in [6, 6.07) is 18.0. The number of hydrogen-bond donors (Lipinski definition) is 0. The van der Waals surface area contributed by atoms with Crippen molar-refractivity contribution >= 4 is 15.5 Å². The third-order valence-corrected chi connectivity index (χ3v) is 7.29. The highest BCUT2D eigenvalue weighted by Gasteiger charge is 2.19. The van der Waals surface area contributed by atoms with Crippen molar-refractivity contribution in [3.05, 3.63) is 60.8 Å². The zero-order valence-corrected chi connectivity index (χ0v) is 20.3. The number of sulfone groups is 1. The zero-order valence-electron chi connectivity index (χ0n) is 19.5. The second-order valence-corrected chi connectivity index (χ2v) is 11.2. The van der Waals surface area contributed by atoms with Crippen molar-refractivity contribution in [2.75, 3.05) is 43.9 Å². The number of hydrogen-bond acceptors (Lipinski definition) is 4. The highest BCUT2D eigenvalue weighted by atomic mass is 32.2. The van der Waals surface area contributed by atoms with E-state index in [4.69, 9.17) is 0 Å². The molecule has 0 spiro atoms. The molecule has 1 aromatic heterocycles. The molecule has 6 heteroatoms. The van der Waals surface area contributed by atoms with Gasteiger partial charge < -0.3 is 9.47 Å². The lowest BCUT2D eigenvalue weighted by molar-refractivity contribution is 0.231. The van der Waals surface area contributed by atoms with E-state index in [9.17, 15) is 8.42 Å². The van der Waals surface area contributed by atoms with Gasteiger partial charge in [-0.25, -0.2) is 8.42 Å². The number of rotatable bonds is 6. The van der Waals surface area contributed by atoms with Crippen LogP contribution in [0.5, 0.6) is 0 Å². The molecule has 4 rings (SSSR count). The Hall–Kier alpha value is -2.57. The first kappa shape index (κ1) is 22.6. The van der Waals surface area contributed by atoms with E-state index in [0.717, 1.165) is 55.1 Å². The lowest BCUT2D eigenvalue weighted by Gasteiger charge is -2.36. The lowest BCUT2D eigenvalue weighted by atomic mass is 9.97. The summed E-state index contributed by atoms with van der Waals surface area (Å²) in [4.78, 5) is 5.32. The highest BCUT2D eigenvalue weighted by Crippen LogP contribution is 2.35. The van der Waals surface area contributed by atoms with Crippen LogP contribution in [0, 0.1) is 5.92 Å². The van der Waals surface area contributed by atoms with Crippen LogP contribution in [0.15, 0.2) is 65.7 Å². The SMILES string of the molecule is CC(C)CN1CCN(c2ccc(-c3cc(S(C)(=O)=O)ccc3-c3cccn3C)cc2)CC1. The van der Waals surface area contributed by atoms with Crippen LogP contribution in [0.25, 0.3) is 22.4 Å². The Morgan fingerprint density at radius 2 is 1.59 bits per heavy atom. The van der Waals surface area contributed by atoms with Crippen molar-refractivity contribution in [3.8, 4) is 22.4 Å². The molecule has 3 aromatic rings. The van der Waals surface area contributed by atoms with E-state index in [1.165, 1.54) is 11.9 Å². The van der Waals surface area contributed by atoms with E-state index in [1.54, 1.807) is 12.1 Å². The fourth-order valence-corrected chi connectivity index (χ4v) is 5.16. The minimum atomic E-state index is -3.29. The van der Waals surface area contributed by atoms with Crippen molar-refractivity contribution in [1.82, 2.24) is 9.47 Å². The average molecular weight is 452 g/mol. The van der Waals surface area contributed by atoms with Gasteiger partial charge in [-0.05, 0) is 53.4 Å². The van der Waals surface area contributed by atoms with Gasteiger partial charge in [-0.1, -0.05) is 32.0 Å². The Kier molecular flexibility index (Phi) is 6.45. The van der Waals surface area contributed by atoms with Gasteiger partial charge in [-0.2, -0.15) is 0 Å². The Morgan fingerprint density at radius 3 is 2.16 bits per heavy atom. The molecule has 1 fully saturated rings. The molecule has 0 N–H and O–H groups in total. The molecule has 1 saturated heterocycles. The number of anilines is 1. The molecule has 1 aliphatic heterocycles. The predicted octanol–water partition coefficient (Wildman–Crippen LogP) is 4.54. The van der Waals surface area contributed by atoms with Crippen molar-refractivity contribution < 1.29 is 8.42 Å². The smallest absolute Gasteiger partial charge is 0.175 e. The molecule has 170 valence electrons. The maximum atomic E-state index is 12.2. The van der Waals surface area contributed by atoms with Crippen molar-refractivity contribution in [3.63, 3.8) is 0 Å². The molecule has 0 aliphatic carbocycles. The number of nitrogens with zero attached hydrogens (tertiary/aromatic N) is 3. The summed E-state index contributed by atoms with van der Waals surface area (Å²) in [6.45, 7) is 9.95. The van der Waals surface area contributed by atoms with E-state index in [-0.39, 0.29) is 0 Å². The molecule has 0 bridgehead atoms. The largest absolute Gasteiger partial charge is 0.369 e. The van der Waals surface area contributed by atoms with Gasteiger partial charge in [0.25, 0.3) is 0 Å². The maximum absolute atomic E-state index is 12.2. The summed E-state index contributed by atoms with van der Waals surface area (Å²) in [5.74, 6) is 0.696. The minimum absolute atomic E-state index is 0.343. The first-order valence-corrected chi connectivity index (χ1v) is 13.1. The van der Waals surface area contributed by atoms with Crippen molar-refractivity contribution in [2.24, 2.45) is 13.0 Å². The summed E-state index contributed by atoms with van der Waals surface area (Å²) >= 11 is 0. The van der Waals surface area contributed by atoms with E-state index in [1.807, 2.05) is 25.4 Å². The molecular weight excluding hydrogens is 418 g/mol. The molecule has 1 aliphatic rings. The van der Waals surface area contributed by atoms with Gasteiger partial charge in [0.05, 0.1) is 4.90 Å². The van der Waals surface area contributed by atoms with E-state index in [2.05, 4.69) is 58.5 Å². The molecule has 0 amide bonds. The second kappa shape index (κ2) is 9.12. The summed E-state index contributed by atoms with van der Waals surface area (Å²) in [7, 11) is -1.28. The standard InChI is InChI=1S/C26H33N3O2S/c1-20(2)19-28-14-16-29(17-15-28)22-9-7-21(8-10-22)25-18-23(32(4,30)31)11-12-24(25)26-6-5-13-27(26)3/h5-13,18,20H,14-17,19H2,1-4H3. The minimum Gasteiger partial charge on any atom is -0.369 e. The fourth-order valence-electron chi connectivity index (χ4n) is 4.51. The Balaban J connectivity index is 1.63. The first-order chi connectivity index (χ1) is 15.2. The van der Waals surface area contributed by atoms with Crippen LogP contribution in [-0.2, 0) is 16.9 Å². The van der Waals surface area contributed by atoms with Crippen LogP contribution < -0.4 is 4.90 Å². The van der Waals surface area contributed by atoms with Gasteiger partial charge in [-0.3, -0.25) is 4.90 Å². The zero-order chi connectivity index (χ0) is 22.9. The number of benzene rings is 2. The lowest BCUT2D eigenvalue weighted by Crippen LogP contribution is -2.47. The fraction of sp³-hybridized carbons (Fsp3) is 0.385. The topological polar surface area (TPSA) is 45.6 Å². The molecule has 0 radical (unpaired) electrons. The third kappa shape index (κ3) is 4.92. The molecule has 2 heterocycles. The van der Waals surface area contributed by atoms with Crippen LogP contribution in [0.3, 0.4) is 0 Å². The van der Waals surface area contributed by atoms with Gasteiger partial charge in [0.2, 0.25) is 0 Å². The average Bonchev–Trinajstić information content (AvgIpc) is 3.19.